The molecule has 1 N–H and O–H groups in total. The van der Waals surface area contributed by atoms with E-state index in [1.165, 1.54) is 21.3 Å². The van der Waals surface area contributed by atoms with Gasteiger partial charge in [0.05, 0.1) is 22.8 Å². The summed E-state index contributed by atoms with van der Waals surface area (Å²) in [7, 11) is -3.58. The molecule has 2 atom stereocenters. The summed E-state index contributed by atoms with van der Waals surface area (Å²) >= 11 is 0. The number of sulfonamides is 1. The molecule has 4 rings (SSSR count). The summed E-state index contributed by atoms with van der Waals surface area (Å²) < 4.78 is 65.5. The molecule has 0 radical (unpaired) electrons. The molecule has 8 nitrogen and oxygen atoms in total. The highest BCUT2D eigenvalue weighted by molar-refractivity contribution is 7.89. The first-order chi connectivity index (χ1) is 17.0. The number of amides is 2. The maximum Gasteiger partial charge on any atom is 0.416 e. The molecule has 3 fully saturated rings. The smallest absolute Gasteiger partial charge is 0.350 e. The molecule has 0 aromatic heterocycles. The Hall–Kier alpha value is -2.65. The van der Waals surface area contributed by atoms with E-state index in [1.807, 2.05) is 0 Å². The van der Waals surface area contributed by atoms with Crippen molar-refractivity contribution in [2.75, 3.05) is 19.6 Å². The Labute approximate surface area is 208 Å². The van der Waals surface area contributed by atoms with Crippen LogP contribution in [0.15, 0.2) is 24.3 Å². The number of alkyl halides is 3. The lowest BCUT2D eigenvalue weighted by atomic mass is 9.86. The van der Waals surface area contributed by atoms with Crippen LogP contribution in [0.1, 0.15) is 49.7 Å². The van der Waals surface area contributed by atoms with Gasteiger partial charge in [-0.3, -0.25) is 9.59 Å². The number of rotatable bonds is 6. The van der Waals surface area contributed by atoms with Crippen molar-refractivity contribution in [3.63, 3.8) is 0 Å². The summed E-state index contributed by atoms with van der Waals surface area (Å²) in [6, 6.07) is 5.92. The predicted octanol–water partition coefficient (Wildman–Crippen LogP) is 2.66. The molecular weight excluding hydrogens is 497 g/mol. The Balaban J connectivity index is 1.34. The van der Waals surface area contributed by atoms with Crippen molar-refractivity contribution < 1.29 is 31.2 Å². The summed E-state index contributed by atoms with van der Waals surface area (Å²) in [5.41, 5.74) is -0.258. The second kappa shape index (κ2) is 10.4. The second-order valence-electron chi connectivity index (χ2n) is 9.76. The molecule has 1 aromatic rings. The third-order valence-electron chi connectivity index (χ3n) is 7.38. The van der Waals surface area contributed by atoms with Gasteiger partial charge in [0.2, 0.25) is 21.8 Å². The minimum atomic E-state index is -4.43. The van der Waals surface area contributed by atoms with Crippen LogP contribution in [-0.2, 0) is 32.3 Å². The molecule has 0 bridgehead atoms. The molecule has 12 heteroatoms. The second-order valence-corrected chi connectivity index (χ2v) is 12.0. The van der Waals surface area contributed by atoms with E-state index in [0.29, 0.717) is 57.2 Å². The van der Waals surface area contributed by atoms with Gasteiger partial charge < -0.3 is 10.2 Å². The van der Waals surface area contributed by atoms with Crippen molar-refractivity contribution >= 4 is 21.8 Å². The molecule has 2 heterocycles. The number of nitriles is 1. The highest BCUT2D eigenvalue weighted by Crippen LogP contribution is 2.36. The van der Waals surface area contributed by atoms with Gasteiger partial charge in [-0.05, 0) is 56.2 Å². The van der Waals surface area contributed by atoms with Crippen LogP contribution < -0.4 is 5.32 Å². The Morgan fingerprint density at radius 2 is 1.75 bits per heavy atom. The molecule has 2 amide bonds. The van der Waals surface area contributed by atoms with Gasteiger partial charge in [0.15, 0.2) is 0 Å². The number of hydrogen-bond acceptors (Lipinski definition) is 5. The van der Waals surface area contributed by atoms with Crippen LogP contribution in [0, 0.1) is 23.2 Å². The van der Waals surface area contributed by atoms with Crippen molar-refractivity contribution in [3.05, 3.63) is 35.4 Å². The van der Waals surface area contributed by atoms with Crippen LogP contribution in [0.2, 0.25) is 0 Å². The molecule has 0 spiro atoms. The van der Waals surface area contributed by atoms with Gasteiger partial charge in [0.25, 0.3) is 0 Å². The van der Waals surface area contributed by atoms with Crippen molar-refractivity contribution in [2.45, 2.75) is 62.5 Å². The highest BCUT2D eigenvalue weighted by Gasteiger charge is 2.45. The third-order valence-corrected chi connectivity index (χ3v) is 9.66. The van der Waals surface area contributed by atoms with Crippen LogP contribution in [0.5, 0.6) is 0 Å². The lowest BCUT2D eigenvalue weighted by Gasteiger charge is -2.39. The number of carbonyl (C=O) groups excluding carboxylic acids is 2. The van der Waals surface area contributed by atoms with Gasteiger partial charge in [0, 0.05) is 32.1 Å². The normalized spacial score (nSPS) is 27.2. The molecule has 3 aliphatic rings. The fraction of sp³-hybridized carbons (Fsp3) is 0.625. The van der Waals surface area contributed by atoms with E-state index in [2.05, 4.69) is 11.4 Å². The van der Waals surface area contributed by atoms with Gasteiger partial charge in [-0.25, -0.2) is 12.7 Å². The number of piperidine rings is 1. The van der Waals surface area contributed by atoms with Gasteiger partial charge in [-0.1, -0.05) is 12.1 Å². The molecule has 0 unspecified atom stereocenters. The summed E-state index contributed by atoms with van der Waals surface area (Å²) in [4.78, 5) is 27.7. The quantitative estimate of drug-likeness (QED) is 0.613. The first-order valence-corrected chi connectivity index (χ1v) is 13.6. The topological polar surface area (TPSA) is 111 Å². The van der Waals surface area contributed by atoms with Crippen LogP contribution in [0.3, 0.4) is 0 Å². The SMILES string of the molecule is N#CC1CC(S(=O)(=O)N2CCC[C@H](C(=O)N3CCC[C@@H]3C(=O)NCc3ccc(C(F)(F)F)cc3)C2)C1. The van der Waals surface area contributed by atoms with Gasteiger partial charge >= 0.3 is 6.18 Å². The van der Waals surface area contributed by atoms with Crippen LogP contribution >= 0.6 is 0 Å². The predicted molar refractivity (Wildman–Crippen MR) is 123 cm³/mol. The number of carbonyl (C=O) groups is 2. The van der Waals surface area contributed by atoms with Crippen molar-refractivity contribution in [2.24, 2.45) is 11.8 Å². The number of halogens is 3. The van der Waals surface area contributed by atoms with E-state index in [-0.39, 0.29) is 30.8 Å². The first-order valence-electron chi connectivity index (χ1n) is 12.1. The zero-order valence-corrected chi connectivity index (χ0v) is 20.5. The Morgan fingerprint density at radius 3 is 2.39 bits per heavy atom. The molecular formula is C24H29F3N4O4S. The van der Waals surface area contributed by atoms with Gasteiger partial charge in [-0.2, -0.15) is 18.4 Å². The van der Waals surface area contributed by atoms with Crippen molar-refractivity contribution in [3.8, 4) is 6.07 Å². The van der Waals surface area contributed by atoms with Crippen LogP contribution in [0.25, 0.3) is 0 Å². The monoisotopic (exact) mass is 526 g/mol. The molecule has 1 aliphatic carbocycles. The van der Waals surface area contributed by atoms with E-state index in [9.17, 15) is 31.2 Å². The zero-order valence-electron chi connectivity index (χ0n) is 19.7. The summed E-state index contributed by atoms with van der Waals surface area (Å²) in [5, 5.41) is 11.1. The lowest BCUT2D eigenvalue weighted by Crippen LogP contribution is -2.53. The van der Waals surface area contributed by atoms with Crippen molar-refractivity contribution in [1.82, 2.24) is 14.5 Å². The molecule has 2 saturated heterocycles. The average molecular weight is 527 g/mol. The number of benzene rings is 1. The molecule has 196 valence electrons. The highest BCUT2D eigenvalue weighted by atomic mass is 32.2. The molecule has 2 aliphatic heterocycles. The number of likely N-dealkylation sites (tertiary alicyclic amines) is 1. The molecule has 1 saturated carbocycles. The molecule has 36 heavy (non-hydrogen) atoms. The fourth-order valence-corrected chi connectivity index (χ4v) is 7.30. The Morgan fingerprint density at radius 1 is 1.08 bits per heavy atom. The number of nitrogens with zero attached hydrogens (tertiary/aromatic N) is 3. The number of hydrogen-bond donors (Lipinski definition) is 1. The minimum Gasteiger partial charge on any atom is -0.350 e. The fourth-order valence-electron chi connectivity index (χ4n) is 5.16. The van der Waals surface area contributed by atoms with Crippen LogP contribution in [0.4, 0.5) is 13.2 Å². The van der Waals surface area contributed by atoms with Gasteiger partial charge in [-0.15, -0.1) is 0 Å². The van der Waals surface area contributed by atoms with E-state index in [4.69, 9.17) is 5.26 Å². The average Bonchev–Trinajstić information content (AvgIpc) is 3.31. The maximum atomic E-state index is 13.3. The van der Waals surface area contributed by atoms with Gasteiger partial charge in [0.1, 0.15) is 6.04 Å². The lowest BCUT2D eigenvalue weighted by molar-refractivity contribution is -0.142. The third kappa shape index (κ3) is 5.52. The first kappa shape index (κ1) is 26.4. The Bertz CT molecular complexity index is 1130. The summed E-state index contributed by atoms with van der Waals surface area (Å²) in [6.07, 6.45) is -1.61. The van der Waals surface area contributed by atoms with Crippen LogP contribution in [-0.4, -0.2) is 60.4 Å². The number of nitrogens with one attached hydrogen (secondary N) is 1. The van der Waals surface area contributed by atoms with Crippen molar-refractivity contribution in [1.29, 1.82) is 5.26 Å². The van der Waals surface area contributed by atoms with E-state index in [1.54, 1.807) is 0 Å². The largest absolute Gasteiger partial charge is 0.416 e. The maximum absolute atomic E-state index is 13.3. The standard InChI is InChI=1S/C24H29F3N4O4S/c25-24(26,27)19-7-5-16(6-8-19)14-29-22(32)21-4-2-10-31(21)23(33)18-3-1-9-30(15-18)36(34,35)20-11-17(12-20)13-28/h5-8,17-18,20-21H,1-4,9-12,14-15H2,(H,29,32)/t17?,18-,20?,21+/m0/s1. The summed E-state index contributed by atoms with van der Waals surface area (Å²) in [6.45, 7) is 0.852. The Kier molecular flexibility index (Phi) is 7.61. The van der Waals surface area contributed by atoms with E-state index >= 15 is 0 Å². The molecule has 1 aromatic carbocycles. The zero-order chi connectivity index (χ0) is 26.1. The van der Waals surface area contributed by atoms with E-state index in [0.717, 1.165) is 12.1 Å². The summed E-state index contributed by atoms with van der Waals surface area (Å²) in [5.74, 6) is -1.40. The minimum absolute atomic E-state index is 0.0377. The van der Waals surface area contributed by atoms with E-state index < -0.39 is 39.0 Å².